The van der Waals surface area contributed by atoms with Crippen LogP contribution in [0.3, 0.4) is 0 Å². The van der Waals surface area contributed by atoms with E-state index in [0.29, 0.717) is 36.2 Å². The first-order valence-electron chi connectivity index (χ1n) is 17.3. The van der Waals surface area contributed by atoms with Crippen molar-refractivity contribution in [1.82, 2.24) is 30.2 Å². The van der Waals surface area contributed by atoms with Gasteiger partial charge in [0.1, 0.15) is 16.4 Å². The topological polar surface area (TPSA) is 142 Å². The minimum atomic E-state index is -4.29. The van der Waals surface area contributed by atoms with E-state index in [0.717, 1.165) is 15.6 Å². The summed E-state index contributed by atoms with van der Waals surface area (Å²) in [6.07, 6.45) is 0. The predicted molar refractivity (Wildman–Crippen MR) is 203 cm³/mol. The zero-order valence-electron chi connectivity index (χ0n) is 31.0. The van der Waals surface area contributed by atoms with E-state index in [1.54, 1.807) is 36.1 Å². The second kappa shape index (κ2) is 16.5. The summed E-state index contributed by atoms with van der Waals surface area (Å²) in [5, 5.41) is 11.3. The Hall–Kier alpha value is -3.47. The van der Waals surface area contributed by atoms with E-state index >= 15 is 4.79 Å². The fraction of sp³-hybridized carbons (Fsp3) is 0.459. The second-order valence-electron chi connectivity index (χ2n) is 14.0. The lowest BCUT2D eigenvalue weighted by Gasteiger charge is -2.41. The molecule has 1 unspecified atom stereocenters. The normalized spacial score (nSPS) is 21.1. The Labute approximate surface area is 321 Å². The number of methoxy groups -OCH3 is 1. The van der Waals surface area contributed by atoms with Gasteiger partial charge in [-0.15, -0.1) is 0 Å². The van der Waals surface area contributed by atoms with Gasteiger partial charge in [-0.2, -0.15) is 0 Å². The highest BCUT2D eigenvalue weighted by atomic mass is 35.5. The number of ether oxygens (including phenoxy) is 2. The molecule has 2 aliphatic heterocycles. The zero-order valence-corrected chi connectivity index (χ0v) is 33.4. The van der Waals surface area contributed by atoms with Gasteiger partial charge in [-0.1, -0.05) is 51.9 Å². The highest BCUT2D eigenvalue weighted by Gasteiger charge is 2.55. The van der Waals surface area contributed by atoms with Gasteiger partial charge in [-0.3, -0.25) is 30.0 Å². The largest absolute Gasteiger partial charge is 0.495 e. The first-order chi connectivity index (χ1) is 25.0. The fourth-order valence-electron chi connectivity index (χ4n) is 6.67. The quantitative estimate of drug-likeness (QED) is 0.225. The molecule has 0 bridgehead atoms. The molecule has 3 N–H and O–H groups in total. The van der Waals surface area contributed by atoms with Gasteiger partial charge in [-0.05, 0) is 69.2 Å². The third kappa shape index (κ3) is 8.92. The lowest BCUT2D eigenvalue weighted by molar-refractivity contribution is -0.141. The Kier molecular flexibility index (Phi) is 12.7. The molecule has 288 valence electrons. The molecule has 13 nitrogen and oxygen atoms in total. The lowest BCUT2D eigenvalue weighted by Crippen LogP contribution is -2.62. The number of hydrogen-bond donors (Lipinski definition) is 3. The molecular formula is C37H48Cl2N6O7S. The van der Waals surface area contributed by atoms with Gasteiger partial charge < -0.3 is 19.7 Å². The molecule has 2 amide bonds. The summed E-state index contributed by atoms with van der Waals surface area (Å²) in [6.45, 7) is 9.49. The Morgan fingerprint density at radius 1 is 0.906 bits per heavy atom. The molecule has 0 spiro atoms. The van der Waals surface area contributed by atoms with Crippen molar-refractivity contribution in [3.05, 3.63) is 87.4 Å². The maximum atomic E-state index is 15.4. The van der Waals surface area contributed by atoms with E-state index in [9.17, 15) is 13.2 Å². The third-order valence-corrected chi connectivity index (χ3v) is 11.4. The number of hydrogen-bond acceptors (Lipinski definition) is 10. The molecule has 3 aromatic rings. The standard InChI is InChI=1S/C37H48Cl2N6O7S/c1-8-52-29-22-30(50-6)31(53(48,49)43(5)51-7)21-28(29)37(35(47)45-19-17-44(18-20-45)23-32(46)40-36(2,3)4)41-33(24-9-13-26(38)14-10-24)34(42-37)25-11-15-27(39)16-12-25/h9-16,21-22,33-34,41-42H,8,17-20,23H2,1-7H3,(H,40,46)/t33-,34+,37?. The van der Waals surface area contributed by atoms with E-state index in [4.69, 9.17) is 37.5 Å². The number of sulfonamides is 1. The molecule has 3 atom stereocenters. The van der Waals surface area contributed by atoms with Crippen molar-refractivity contribution >= 4 is 45.0 Å². The average Bonchev–Trinajstić information content (AvgIpc) is 3.52. The molecule has 16 heteroatoms. The number of piperazine rings is 1. The summed E-state index contributed by atoms with van der Waals surface area (Å²) >= 11 is 12.6. The van der Waals surface area contributed by atoms with Crippen LogP contribution in [-0.2, 0) is 30.1 Å². The monoisotopic (exact) mass is 790 g/mol. The van der Waals surface area contributed by atoms with Gasteiger partial charge in [-0.25, -0.2) is 8.42 Å². The SMILES string of the molecule is CCOc1cc(OC)c(S(=O)(=O)N(C)OC)cc1C1(C(=O)N2CCN(CC(=O)NC(C)(C)C)CC2)N[C@H](c2ccc(Cl)cc2)[C@H](c2ccc(Cl)cc2)N1. The van der Waals surface area contributed by atoms with Crippen LogP contribution in [0.2, 0.25) is 10.0 Å². The molecule has 0 aromatic heterocycles. The smallest absolute Gasteiger partial charge is 0.268 e. The number of carbonyl (C=O) groups is 2. The molecule has 0 radical (unpaired) electrons. The van der Waals surface area contributed by atoms with Gasteiger partial charge in [0, 0.05) is 60.4 Å². The van der Waals surface area contributed by atoms with Crippen LogP contribution in [-0.4, -0.2) is 101 Å². The number of rotatable bonds is 12. The zero-order chi connectivity index (χ0) is 38.7. The Morgan fingerprint density at radius 2 is 1.43 bits per heavy atom. The summed E-state index contributed by atoms with van der Waals surface area (Å²) in [4.78, 5) is 36.7. The van der Waals surface area contributed by atoms with Crippen LogP contribution in [0.5, 0.6) is 11.5 Å². The van der Waals surface area contributed by atoms with Crippen molar-refractivity contribution in [3.63, 3.8) is 0 Å². The molecule has 0 aliphatic carbocycles. The van der Waals surface area contributed by atoms with E-state index < -0.39 is 27.8 Å². The molecule has 5 rings (SSSR count). The minimum Gasteiger partial charge on any atom is -0.495 e. The molecule has 53 heavy (non-hydrogen) atoms. The van der Waals surface area contributed by atoms with Gasteiger partial charge >= 0.3 is 0 Å². The van der Waals surface area contributed by atoms with Crippen molar-refractivity contribution in [1.29, 1.82) is 0 Å². The summed E-state index contributed by atoms with van der Waals surface area (Å²) in [5.41, 5.74) is -0.235. The first-order valence-corrected chi connectivity index (χ1v) is 19.5. The fourth-order valence-corrected chi connectivity index (χ4v) is 8.06. The molecule has 2 saturated heterocycles. The van der Waals surface area contributed by atoms with Gasteiger partial charge in [0.05, 0.1) is 39.5 Å². The molecule has 2 aliphatic rings. The summed E-state index contributed by atoms with van der Waals surface area (Å²) < 4.78 is 40.2. The number of benzene rings is 3. The number of nitrogens with zero attached hydrogens (tertiary/aromatic N) is 3. The highest BCUT2D eigenvalue weighted by Crippen LogP contribution is 2.47. The summed E-state index contributed by atoms with van der Waals surface area (Å²) in [5.74, 6) is -0.215. The van der Waals surface area contributed by atoms with Crippen molar-refractivity contribution in [2.24, 2.45) is 0 Å². The van der Waals surface area contributed by atoms with E-state index in [2.05, 4.69) is 16.0 Å². The maximum absolute atomic E-state index is 15.4. The van der Waals surface area contributed by atoms with Crippen molar-refractivity contribution in [3.8, 4) is 11.5 Å². The number of halogens is 2. The van der Waals surface area contributed by atoms with Crippen molar-refractivity contribution in [2.45, 2.75) is 55.9 Å². The Bertz CT molecular complexity index is 1830. The Morgan fingerprint density at radius 3 is 1.89 bits per heavy atom. The average molecular weight is 792 g/mol. The van der Waals surface area contributed by atoms with Crippen LogP contribution in [0.1, 0.15) is 56.5 Å². The van der Waals surface area contributed by atoms with Gasteiger partial charge in [0.15, 0.2) is 5.66 Å². The van der Waals surface area contributed by atoms with Crippen molar-refractivity contribution < 1.29 is 32.3 Å². The maximum Gasteiger partial charge on any atom is 0.268 e. The summed E-state index contributed by atoms with van der Waals surface area (Å²) in [6, 6.07) is 16.5. The summed E-state index contributed by atoms with van der Waals surface area (Å²) in [7, 11) is -0.420. The van der Waals surface area contributed by atoms with Crippen LogP contribution in [0.4, 0.5) is 0 Å². The molecule has 2 fully saturated rings. The van der Waals surface area contributed by atoms with Crippen molar-refractivity contribution in [2.75, 3.05) is 60.6 Å². The number of carbonyl (C=O) groups excluding carboxylic acids is 2. The number of nitrogens with one attached hydrogen (secondary N) is 3. The predicted octanol–water partition coefficient (Wildman–Crippen LogP) is 4.47. The van der Waals surface area contributed by atoms with Crippen LogP contribution >= 0.6 is 23.2 Å². The van der Waals surface area contributed by atoms with E-state index in [1.165, 1.54) is 33.4 Å². The number of hydroxylamine groups is 1. The molecule has 0 saturated carbocycles. The number of amides is 2. The second-order valence-corrected chi connectivity index (χ2v) is 16.8. The van der Waals surface area contributed by atoms with Gasteiger partial charge in [0.2, 0.25) is 5.91 Å². The van der Waals surface area contributed by atoms with Crippen LogP contribution in [0, 0.1) is 0 Å². The Balaban J connectivity index is 1.67. The van der Waals surface area contributed by atoms with Crippen LogP contribution in [0.15, 0.2) is 65.6 Å². The van der Waals surface area contributed by atoms with Gasteiger partial charge in [0.25, 0.3) is 15.9 Å². The minimum absolute atomic E-state index is 0.00680. The van der Waals surface area contributed by atoms with E-state index in [1.807, 2.05) is 49.9 Å². The van der Waals surface area contributed by atoms with Crippen LogP contribution < -0.4 is 25.4 Å². The molecule has 2 heterocycles. The highest BCUT2D eigenvalue weighted by molar-refractivity contribution is 7.89. The van der Waals surface area contributed by atoms with E-state index in [-0.39, 0.29) is 52.5 Å². The first kappa shape index (κ1) is 40.7. The third-order valence-electron chi connectivity index (χ3n) is 9.24. The lowest BCUT2D eigenvalue weighted by atomic mass is 9.95. The molecular weight excluding hydrogens is 743 g/mol. The molecule has 3 aromatic carbocycles. The van der Waals surface area contributed by atoms with Crippen LogP contribution in [0.25, 0.3) is 0 Å².